The summed E-state index contributed by atoms with van der Waals surface area (Å²) < 4.78 is 78.7. The van der Waals surface area contributed by atoms with E-state index in [1.165, 1.54) is 38.5 Å². The second-order valence-corrected chi connectivity index (χ2v) is 14.4. The molecular weight excluding hydrogens is 910 g/mol. The molecule has 4 rings (SSSR count). The minimum Gasteiger partial charge on any atom is -0.744 e. The molecule has 0 saturated carbocycles. The third-order valence-corrected chi connectivity index (χ3v) is 9.06. The molecule has 0 aliphatic carbocycles. The van der Waals surface area contributed by atoms with Gasteiger partial charge in [-0.05, 0) is 87.4 Å². The second-order valence-electron chi connectivity index (χ2n) is 11.7. The first-order valence-corrected chi connectivity index (χ1v) is 18.9. The molecule has 2 atom stereocenters. The maximum absolute atomic E-state index is 12.5. The van der Waals surface area contributed by atoms with Gasteiger partial charge in [0.05, 0.1) is 35.4 Å². The summed E-state index contributed by atoms with van der Waals surface area (Å²) >= 11 is 0. The van der Waals surface area contributed by atoms with E-state index in [0.717, 1.165) is 26.0 Å². The van der Waals surface area contributed by atoms with Gasteiger partial charge in [0.2, 0.25) is 12.1 Å². The Kier molecular flexibility index (Phi) is 18.5. The number of ether oxygens (including phenoxy) is 2. The summed E-state index contributed by atoms with van der Waals surface area (Å²) in [5, 5.41) is 19.7. The first-order chi connectivity index (χ1) is 26.3. The Morgan fingerprint density at radius 3 is 1.23 bits per heavy atom. The maximum Gasteiger partial charge on any atom is 2.00 e. The predicted octanol–water partition coefficient (Wildman–Crippen LogP) is 4.79. The molecule has 0 aliphatic rings. The average molecular weight is 946 g/mol. The number of anilines is 2. The third-order valence-electron chi connectivity index (χ3n) is 7.33. The fraction of sp³-hybridized carbons (Fsp3) is 0.222. The molecule has 0 bridgehead atoms. The fourth-order valence-corrected chi connectivity index (χ4v) is 5.97. The van der Waals surface area contributed by atoms with Crippen LogP contribution in [0.4, 0.5) is 22.7 Å². The molecule has 296 valence electrons. The van der Waals surface area contributed by atoms with E-state index >= 15 is 0 Å². The Labute approximate surface area is 369 Å². The Morgan fingerprint density at radius 2 is 0.930 bits per heavy atom. The summed E-state index contributed by atoms with van der Waals surface area (Å²) in [7, 11) is -6.76. The maximum atomic E-state index is 12.5. The summed E-state index contributed by atoms with van der Waals surface area (Å²) in [5.41, 5.74) is 1.22. The van der Waals surface area contributed by atoms with Crippen LogP contribution in [0.2, 0.25) is 0 Å². The average Bonchev–Trinajstić information content (AvgIpc) is 3.12. The molecule has 0 heterocycles. The van der Waals surface area contributed by atoms with Crippen LogP contribution in [0.3, 0.4) is 0 Å². The number of para-hydroxylation sites is 4. The number of Topliss-reactive ketones (excluding diaryl/α,β-unsaturated/α-hetero) is 2. The van der Waals surface area contributed by atoms with E-state index in [0.29, 0.717) is 34.0 Å². The zero-order valence-electron chi connectivity index (χ0n) is 31.4. The van der Waals surface area contributed by atoms with Gasteiger partial charge in [-0.3, -0.25) is 19.2 Å². The van der Waals surface area contributed by atoms with Crippen LogP contribution in [-0.4, -0.2) is 125 Å². The van der Waals surface area contributed by atoms with Crippen LogP contribution in [-0.2, 0) is 39.4 Å². The van der Waals surface area contributed by atoms with Crippen molar-refractivity contribution >= 4 is 115 Å². The minimum atomic E-state index is -4.81. The van der Waals surface area contributed by atoms with Crippen LogP contribution in [0.1, 0.15) is 25.0 Å². The molecule has 0 radical (unpaired) electrons. The number of nitrogens with zero attached hydrogens (tertiary/aromatic N) is 4. The molecular formula is C36H36BaN6O12S2. The van der Waals surface area contributed by atoms with Gasteiger partial charge in [0, 0.05) is 0 Å². The largest absolute Gasteiger partial charge is 2.00 e. The van der Waals surface area contributed by atoms with E-state index in [1.807, 2.05) is 0 Å². The van der Waals surface area contributed by atoms with Crippen LogP contribution in [0.25, 0.3) is 0 Å². The van der Waals surface area contributed by atoms with Crippen LogP contribution < -0.4 is 20.1 Å². The number of hydrogen-bond donors (Lipinski definition) is 2. The second kappa shape index (κ2) is 21.8. The molecule has 0 fully saturated rings. The molecule has 0 aliphatic heterocycles. The molecule has 2 amide bonds. The van der Waals surface area contributed by atoms with Crippen molar-refractivity contribution < 1.29 is 54.6 Å². The zero-order valence-corrected chi connectivity index (χ0v) is 37.5. The molecule has 0 aromatic heterocycles. The van der Waals surface area contributed by atoms with Gasteiger partial charge in [-0.15, -0.1) is 0 Å². The van der Waals surface area contributed by atoms with Gasteiger partial charge in [0.15, 0.2) is 11.6 Å². The Bertz CT molecular complexity index is 2240. The zero-order chi connectivity index (χ0) is 41.8. The summed E-state index contributed by atoms with van der Waals surface area (Å²) in [6.07, 6.45) is 0. The van der Waals surface area contributed by atoms with Crippen LogP contribution in [0.5, 0.6) is 11.5 Å². The topological polar surface area (TPSA) is 275 Å². The van der Waals surface area contributed by atoms with E-state index < -0.39 is 65.5 Å². The van der Waals surface area contributed by atoms with Crippen molar-refractivity contribution in [2.45, 2.75) is 49.6 Å². The summed E-state index contributed by atoms with van der Waals surface area (Å²) in [6.45, 7) is 5.50. The van der Waals surface area contributed by atoms with E-state index in [-0.39, 0.29) is 60.3 Å². The third kappa shape index (κ3) is 14.4. The number of amides is 2. The Hall–Kier alpha value is -4.65. The van der Waals surface area contributed by atoms with Gasteiger partial charge in [0.25, 0.3) is 11.8 Å². The number of carbonyl (C=O) groups is 4. The quantitative estimate of drug-likeness (QED) is 0.0747. The normalized spacial score (nSPS) is 12.4. The van der Waals surface area contributed by atoms with Crippen molar-refractivity contribution in [2.24, 2.45) is 20.5 Å². The van der Waals surface area contributed by atoms with Crippen molar-refractivity contribution in [2.75, 3.05) is 24.9 Å². The number of nitrogens with one attached hydrogen (secondary N) is 2. The number of hydrogen-bond acceptors (Lipinski definition) is 16. The van der Waals surface area contributed by atoms with Gasteiger partial charge in [-0.2, -0.15) is 20.5 Å². The molecule has 2 unspecified atom stereocenters. The predicted molar refractivity (Wildman–Crippen MR) is 205 cm³/mol. The van der Waals surface area contributed by atoms with E-state index in [2.05, 4.69) is 31.1 Å². The molecule has 0 saturated heterocycles. The molecule has 21 heteroatoms. The number of carbonyl (C=O) groups excluding carboxylic acids is 4. The first-order valence-electron chi connectivity index (χ1n) is 16.1. The minimum absolute atomic E-state index is 0. The van der Waals surface area contributed by atoms with E-state index in [4.69, 9.17) is 9.47 Å². The molecule has 57 heavy (non-hydrogen) atoms. The van der Waals surface area contributed by atoms with Crippen LogP contribution >= 0.6 is 0 Å². The van der Waals surface area contributed by atoms with Crippen LogP contribution in [0.15, 0.2) is 115 Å². The Morgan fingerprint density at radius 1 is 0.596 bits per heavy atom. The van der Waals surface area contributed by atoms with Crippen molar-refractivity contribution in [3.8, 4) is 11.5 Å². The number of methoxy groups -OCH3 is 2. The molecule has 18 nitrogen and oxygen atoms in total. The number of ketones is 2. The Balaban J connectivity index is 0.000000387. The van der Waals surface area contributed by atoms with Gasteiger partial charge >= 0.3 is 48.9 Å². The number of benzene rings is 4. The van der Waals surface area contributed by atoms with E-state index in [1.54, 1.807) is 62.4 Å². The SMILES string of the molecule is COc1ccccc1NC(=O)C(N=Nc1ccc(C)cc1S(=O)(=O)[O-])C(C)=O.COc1ccccc1NC(=O)C(N=Nc1ccc(C)cc1S(=O)(=O)[O-])C(C)=O.[Ba+2]. The summed E-state index contributed by atoms with van der Waals surface area (Å²) in [5.74, 6) is -2.02. The molecule has 0 spiro atoms. The summed E-state index contributed by atoms with van der Waals surface area (Å²) in [4.78, 5) is 47.5. The van der Waals surface area contributed by atoms with Crippen molar-refractivity contribution in [3.63, 3.8) is 0 Å². The number of azo groups is 2. The molecule has 4 aromatic rings. The van der Waals surface area contributed by atoms with Crippen molar-refractivity contribution in [3.05, 3.63) is 96.1 Å². The van der Waals surface area contributed by atoms with Gasteiger partial charge < -0.3 is 29.2 Å². The monoisotopic (exact) mass is 946 g/mol. The van der Waals surface area contributed by atoms with Crippen molar-refractivity contribution in [1.29, 1.82) is 0 Å². The smallest absolute Gasteiger partial charge is 0.744 e. The standard InChI is InChI=1S/2C18H19N3O6S.Ba/c2*1-11-8-9-14(16(10-11)28(24,25)26)20-21-17(12(2)22)18(23)19-13-6-4-5-7-15(13)27-3;/h2*4-10,17H,1-3H3,(H,19,23)(H,24,25,26);/q;;+2/p-2. The van der Waals surface area contributed by atoms with Gasteiger partial charge in [0.1, 0.15) is 43.1 Å². The molecule has 4 aromatic carbocycles. The van der Waals surface area contributed by atoms with Gasteiger partial charge in [-0.1, -0.05) is 36.4 Å². The number of aryl methyl sites for hydroxylation is 2. The fourth-order valence-electron chi connectivity index (χ4n) is 4.58. The van der Waals surface area contributed by atoms with E-state index in [9.17, 15) is 45.1 Å². The summed E-state index contributed by atoms with van der Waals surface area (Å²) in [6, 6.07) is 18.0. The number of rotatable bonds is 14. The van der Waals surface area contributed by atoms with Gasteiger partial charge in [-0.25, -0.2) is 16.8 Å². The first kappa shape index (κ1) is 48.5. The van der Waals surface area contributed by atoms with Crippen molar-refractivity contribution in [1.82, 2.24) is 0 Å². The molecule has 2 N–H and O–H groups in total. The van der Waals surface area contributed by atoms with Crippen LogP contribution in [0, 0.1) is 13.8 Å².